The van der Waals surface area contributed by atoms with Gasteiger partial charge in [0.1, 0.15) is 12.6 Å². The molecular formula is C22H42N4O3. The molecule has 1 fully saturated rings. The summed E-state index contributed by atoms with van der Waals surface area (Å²) in [4.78, 5) is 38.4. The van der Waals surface area contributed by atoms with Gasteiger partial charge in [-0.25, -0.2) is 0 Å². The number of likely N-dealkylation sites (N-methyl/N-ethyl adjacent to an activating group) is 2. The number of amides is 1. The number of carbonyl (C=O) groups is 3. The molecule has 1 aliphatic heterocycles. The SMILES string of the molecule is C=CC=O.CCCN1CCN(C)CC1(CCNC=O)CCN(C)C(C=O)C(C)C. The minimum Gasteiger partial charge on any atom is -0.359 e. The summed E-state index contributed by atoms with van der Waals surface area (Å²) in [6.07, 6.45) is 6.77. The first-order chi connectivity index (χ1) is 13.8. The second-order valence-electron chi connectivity index (χ2n) is 8.24. The zero-order chi connectivity index (χ0) is 22.3. The van der Waals surface area contributed by atoms with Crippen LogP contribution < -0.4 is 5.32 Å². The molecule has 0 aromatic heterocycles. The van der Waals surface area contributed by atoms with E-state index in [0.29, 0.717) is 18.7 Å². The number of aldehydes is 2. The van der Waals surface area contributed by atoms with Gasteiger partial charge >= 0.3 is 0 Å². The molecule has 7 heteroatoms. The maximum Gasteiger partial charge on any atom is 0.207 e. The van der Waals surface area contributed by atoms with Crippen molar-refractivity contribution in [1.82, 2.24) is 20.0 Å². The van der Waals surface area contributed by atoms with E-state index in [9.17, 15) is 9.59 Å². The van der Waals surface area contributed by atoms with Gasteiger partial charge in [-0.05, 0) is 51.9 Å². The lowest BCUT2D eigenvalue weighted by Crippen LogP contribution is -2.63. The maximum atomic E-state index is 11.4. The molecule has 0 saturated carbocycles. The molecule has 168 valence electrons. The maximum absolute atomic E-state index is 11.4. The zero-order valence-electron chi connectivity index (χ0n) is 19.1. The van der Waals surface area contributed by atoms with E-state index in [1.165, 1.54) is 6.08 Å². The summed E-state index contributed by atoms with van der Waals surface area (Å²) in [7, 11) is 4.23. The van der Waals surface area contributed by atoms with Crippen molar-refractivity contribution in [2.24, 2.45) is 5.92 Å². The number of hydrogen-bond donors (Lipinski definition) is 1. The average Bonchev–Trinajstić information content (AvgIpc) is 2.69. The first-order valence-electron chi connectivity index (χ1n) is 10.6. The molecular weight excluding hydrogens is 368 g/mol. The van der Waals surface area contributed by atoms with Gasteiger partial charge in [0.25, 0.3) is 0 Å². The molecule has 0 bridgehead atoms. The highest BCUT2D eigenvalue weighted by Crippen LogP contribution is 2.29. The third-order valence-corrected chi connectivity index (χ3v) is 5.66. The Hall–Kier alpha value is -1.57. The highest BCUT2D eigenvalue weighted by atomic mass is 16.1. The van der Waals surface area contributed by atoms with Crippen LogP contribution in [0.15, 0.2) is 12.7 Å². The highest BCUT2D eigenvalue weighted by Gasteiger charge is 2.40. The van der Waals surface area contributed by atoms with Crippen LogP contribution in [-0.2, 0) is 14.4 Å². The van der Waals surface area contributed by atoms with Crippen LogP contribution in [0.25, 0.3) is 0 Å². The molecule has 1 amide bonds. The molecule has 2 unspecified atom stereocenters. The van der Waals surface area contributed by atoms with Crippen molar-refractivity contribution in [2.45, 2.75) is 51.6 Å². The first-order valence-corrected chi connectivity index (χ1v) is 10.6. The second kappa shape index (κ2) is 15.3. The van der Waals surface area contributed by atoms with Crippen molar-refractivity contribution in [1.29, 1.82) is 0 Å². The lowest BCUT2D eigenvalue weighted by Gasteiger charge is -2.51. The molecule has 7 nitrogen and oxygen atoms in total. The fourth-order valence-electron chi connectivity index (χ4n) is 4.10. The van der Waals surface area contributed by atoms with Gasteiger partial charge in [0.05, 0.1) is 6.04 Å². The van der Waals surface area contributed by atoms with E-state index in [-0.39, 0.29) is 11.6 Å². The van der Waals surface area contributed by atoms with Crippen LogP contribution in [0.1, 0.15) is 40.0 Å². The quantitative estimate of drug-likeness (QED) is 0.281. The number of hydrogen-bond acceptors (Lipinski definition) is 6. The molecule has 1 heterocycles. The normalized spacial score (nSPS) is 21.2. The summed E-state index contributed by atoms with van der Waals surface area (Å²) in [6.45, 7) is 15.3. The first kappa shape index (κ1) is 27.4. The topological polar surface area (TPSA) is 73.0 Å². The van der Waals surface area contributed by atoms with E-state index >= 15 is 0 Å². The summed E-state index contributed by atoms with van der Waals surface area (Å²) < 4.78 is 0. The van der Waals surface area contributed by atoms with Gasteiger partial charge in [0, 0.05) is 38.3 Å². The van der Waals surface area contributed by atoms with Gasteiger partial charge in [-0.1, -0.05) is 27.4 Å². The number of carbonyl (C=O) groups excluding carboxylic acids is 3. The standard InChI is InChI=1S/C19H38N4O2.C3H4O/c1-6-10-23-13-12-21(4)15-19(23,7-9-20-16-25)8-11-22(5)18(14-24)17(2)3;1-2-3-4/h14,16-18H,6-13,15H2,1-5H3,(H,20,25);2-3H,1H2. The minimum atomic E-state index is -0.0360. The van der Waals surface area contributed by atoms with Crippen molar-refractivity contribution < 1.29 is 14.4 Å². The Morgan fingerprint density at radius 3 is 2.34 bits per heavy atom. The number of allylic oxidation sites excluding steroid dienone is 1. The fraction of sp³-hybridized carbons (Fsp3) is 0.773. The lowest BCUT2D eigenvalue weighted by atomic mass is 9.85. The average molecular weight is 411 g/mol. The van der Waals surface area contributed by atoms with Crippen molar-refractivity contribution in [3.8, 4) is 0 Å². The van der Waals surface area contributed by atoms with Crippen LogP contribution in [0, 0.1) is 5.92 Å². The highest BCUT2D eigenvalue weighted by molar-refractivity contribution is 5.63. The third-order valence-electron chi connectivity index (χ3n) is 5.66. The third kappa shape index (κ3) is 9.65. The summed E-state index contributed by atoms with van der Waals surface area (Å²) in [5.41, 5.74) is 0.0533. The summed E-state index contributed by atoms with van der Waals surface area (Å²) >= 11 is 0. The van der Waals surface area contributed by atoms with Crippen molar-refractivity contribution in [2.75, 3.05) is 53.4 Å². The Balaban J connectivity index is 0.00000178. The van der Waals surface area contributed by atoms with E-state index in [2.05, 4.69) is 54.4 Å². The van der Waals surface area contributed by atoms with Crippen LogP contribution in [0.5, 0.6) is 0 Å². The Labute approximate surface area is 177 Å². The Bertz CT molecular complexity index is 481. The second-order valence-corrected chi connectivity index (χ2v) is 8.24. The van der Waals surface area contributed by atoms with E-state index < -0.39 is 0 Å². The minimum absolute atomic E-state index is 0.0360. The molecule has 0 radical (unpaired) electrons. The van der Waals surface area contributed by atoms with Crippen LogP contribution in [0.4, 0.5) is 0 Å². The van der Waals surface area contributed by atoms with Crippen LogP contribution in [-0.4, -0.2) is 98.6 Å². The number of rotatable bonds is 13. The van der Waals surface area contributed by atoms with Crippen molar-refractivity contribution in [3.63, 3.8) is 0 Å². The zero-order valence-corrected chi connectivity index (χ0v) is 19.1. The summed E-state index contributed by atoms with van der Waals surface area (Å²) in [5, 5.41) is 2.84. The van der Waals surface area contributed by atoms with E-state index in [1.54, 1.807) is 0 Å². The van der Waals surface area contributed by atoms with Crippen LogP contribution in [0.3, 0.4) is 0 Å². The number of nitrogens with zero attached hydrogens (tertiary/aromatic N) is 3. The van der Waals surface area contributed by atoms with Crippen LogP contribution in [0.2, 0.25) is 0 Å². The summed E-state index contributed by atoms with van der Waals surface area (Å²) in [6, 6.07) is -0.0360. The molecule has 0 aliphatic carbocycles. The number of nitrogens with one attached hydrogen (secondary N) is 1. The van der Waals surface area contributed by atoms with Crippen molar-refractivity contribution in [3.05, 3.63) is 12.7 Å². The van der Waals surface area contributed by atoms with Gasteiger partial charge in [-0.3, -0.25) is 19.4 Å². The molecule has 1 saturated heterocycles. The molecule has 29 heavy (non-hydrogen) atoms. The van der Waals surface area contributed by atoms with Crippen molar-refractivity contribution >= 4 is 19.0 Å². The van der Waals surface area contributed by atoms with Gasteiger partial charge in [-0.2, -0.15) is 0 Å². The molecule has 1 rings (SSSR count). The van der Waals surface area contributed by atoms with Gasteiger partial charge < -0.3 is 15.0 Å². The largest absolute Gasteiger partial charge is 0.359 e. The Kier molecular flexibility index (Phi) is 14.5. The predicted octanol–water partition coefficient (Wildman–Crippen LogP) is 1.44. The Morgan fingerprint density at radius 2 is 1.86 bits per heavy atom. The molecule has 1 N–H and O–H groups in total. The fourth-order valence-corrected chi connectivity index (χ4v) is 4.10. The van der Waals surface area contributed by atoms with Crippen LogP contribution >= 0.6 is 0 Å². The summed E-state index contributed by atoms with van der Waals surface area (Å²) in [5.74, 6) is 0.316. The molecule has 0 aromatic rings. The van der Waals surface area contributed by atoms with E-state index in [1.807, 2.05) is 7.05 Å². The van der Waals surface area contributed by atoms with E-state index in [0.717, 1.165) is 64.7 Å². The molecule has 0 spiro atoms. The number of piperazine rings is 1. The smallest absolute Gasteiger partial charge is 0.207 e. The Morgan fingerprint density at radius 1 is 1.21 bits per heavy atom. The van der Waals surface area contributed by atoms with Gasteiger partial charge in [0.2, 0.25) is 6.41 Å². The lowest BCUT2D eigenvalue weighted by molar-refractivity contribution is -0.114. The molecule has 2 atom stereocenters. The van der Waals surface area contributed by atoms with Gasteiger partial charge in [-0.15, -0.1) is 0 Å². The predicted molar refractivity (Wildman–Crippen MR) is 119 cm³/mol. The van der Waals surface area contributed by atoms with E-state index in [4.69, 9.17) is 4.79 Å². The molecule has 0 aromatic carbocycles. The monoisotopic (exact) mass is 410 g/mol. The molecule has 1 aliphatic rings. The van der Waals surface area contributed by atoms with Gasteiger partial charge in [0.15, 0.2) is 0 Å².